The third-order valence-electron chi connectivity index (χ3n) is 4.00. The van der Waals surface area contributed by atoms with Crippen molar-refractivity contribution in [3.63, 3.8) is 0 Å². The van der Waals surface area contributed by atoms with Gasteiger partial charge in [0.1, 0.15) is 0 Å². The number of carbonyl (C=O) groups excluding carboxylic acids is 2. The van der Waals surface area contributed by atoms with Gasteiger partial charge in [-0.2, -0.15) is 13.2 Å². The van der Waals surface area contributed by atoms with Crippen molar-refractivity contribution in [3.05, 3.63) is 47.5 Å². The number of benzene rings is 2. The molecule has 0 saturated heterocycles. The fraction of sp³-hybridized carbons (Fsp3) is 0.263. The summed E-state index contributed by atoms with van der Waals surface area (Å²) in [6, 6.07) is 8.42. The summed E-state index contributed by atoms with van der Waals surface area (Å²) in [4.78, 5) is 23.2. The Morgan fingerprint density at radius 1 is 1.04 bits per heavy atom. The Kier molecular flexibility index (Phi) is 5.43. The van der Waals surface area contributed by atoms with E-state index in [0.29, 0.717) is 17.9 Å². The second kappa shape index (κ2) is 7.79. The van der Waals surface area contributed by atoms with Crippen LogP contribution in [0, 0.1) is 0 Å². The van der Waals surface area contributed by atoms with Crippen LogP contribution in [0.4, 0.5) is 24.5 Å². The number of aryl methyl sites for hydroxylation is 1. The predicted molar refractivity (Wildman–Crippen MR) is 95.3 cm³/mol. The van der Waals surface area contributed by atoms with Gasteiger partial charge in [0.05, 0.1) is 11.3 Å². The van der Waals surface area contributed by atoms with E-state index < -0.39 is 23.6 Å². The molecule has 1 heterocycles. The zero-order chi connectivity index (χ0) is 20.3. The Morgan fingerprint density at radius 2 is 1.79 bits per heavy atom. The van der Waals surface area contributed by atoms with Crippen molar-refractivity contribution in [2.24, 2.45) is 0 Å². The number of ether oxygens (including phenoxy) is 2. The molecular weight excluding hydrogens is 377 g/mol. The van der Waals surface area contributed by atoms with Gasteiger partial charge in [-0.15, -0.1) is 0 Å². The summed E-state index contributed by atoms with van der Waals surface area (Å²) >= 11 is 0. The molecule has 0 aliphatic carbocycles. The van der Waals surface area contributed by atoms with E-state index in [4.69, 9.17) is 9.47 Å². The number of carbonyl (C=O) groups is 2. The van der Waals surface area contributed by atoms with Crippen LogP contribution in [0.15, 0.2) is 36.4 Å². The topological polar surface area (TPSA) is 76.7 Å². The average molecular weight is 394 g/mol. The fourth-order valence-corrected chi connectivity index (χ4v) is 2.74. The highest BCUT2D eigenvalue weighted by molar-refractivity contribution is 5.93. The van der Waals surface area contributed by atoms with Gasteiger partial charge in [-0.05, 0) is 42.3 Å². The molecule has 1 aliphatic heterocycles. The molecule has 0 unspecified atom stereocenters. The average Bonchev–Trinajstić information content (AvgIpc) is 3.07. The minimum atomic E-state index is -4.69. The Labute approximate surface area is 158 Å². The number of alkyl halides is 3. The van der Waals surface area contributed by atoms with Gasteiger partial charge in [-0.1, -0.05) is 6.07 Å². The highest BCUT2D eigenvalue weighted by Gasteiger charge is 2.34. The molecule has 28 heavy (non-hydrogen) atoms. The van der Waals surface area contributed by atoms with E-state index in [1.165, 1.54) is 13.0 Å². The van der Waals surface area contributed by atoms with Gasteiger partial charge in [-0.3, -0.25) is 9.59 Å². The van der Waals surface area contributed by atoms with E-state index in [0.717, 1.165) is 17.7 Å². The van der Waals surface area contributed by atoms with Crippen molar-refractivity contribution in [2.75, 3.05) is 17.4 Å². The van der Waals surface area contributed by atoms with Crippen LogP contribution >= 0.6 is 0 Å². The lowest BCUT2D eigenvalue weighted by atomic mass is 10.1. The molecule has 2 N–H and O–H groups in total. The van der Waals surface area contributed by atoms with Gasteiger partial charge in [-0.25, -0.2) is 0 Å². The first-order valence-electron chi connectivity index (χ1n) is 8.39. The van der Waals surface area contributed by atoms with Gasteiger partial charge < -0.3 is 20.1 Å². The maximum absolute atomic E-state index is 13.3. The number of fused-ring (bicyclic) bond motifs is 1. The normalized spacial score (nSPS) is 12.6. The van der Waals surface area contributed by atoms with Gasteiger partial charge in [0.15, 0.2) is 11.5 Å². The third-order valence-corrected chi connectivity index (χ3v) is 4.00. The Morgan fingerprint density at radius 3 is 2.50 bits per heavy atom. The molecule has 2 aromatic rings. The largest absolute Gasteiger partial charge is 0.454 e. The molecule has 0 fully saturated rings. The first kappa shape index (κ1) is 19.5. The molecule has 0 spiro atoms. The molecule has 0 aromatic heterocycles. The van der Waals surface area contributed by atoms with Crippen LogP contribution < -0.4 is 20.1 Å². The standard InChI is InChI=1S/C19H17F3N2O4/c1-11(25)23-13-4-5-15(14(9-13)19(20,21)22)24-18(26)7-3-12-2-6-16-17(8-12)28-10-27-16/h2,4-6,8-9H,3,7,10H2,1H3,(H,23,25)(H,24,26). The highest BCUT2D eigenvalue weighted by Crippen LogP contribution is 2.37. The van der Waals surface area contributed by atoms with E-state index in [-0.39, 0.29) is 24.6 Å². The summed E-state index contributed by atoms with van der Waals surface area (Å²) in [5, 5.41) is 4.58. The summed E-state index contributed by atoms with van der Waals surface area (Å²) in [6.07, 6.45) is -4.37. The van der Waals surface area contributed by atoms with Crippen LogP contribution in [0.2, 0.25) is 0 Å². The Balaban J connectivity index is 1.68. The Hall–Kier alpha value is -3.23. The molecule has 2 aromatic carbocycles. The number of hydrogen-bond acceptors (Lipinski definition) is 4. The minimum Gasteiger partial charge on any atom is -0.454 e. The van der Waals surface area contributed by atoms with Crippen molar-refractivity contribution in [1.82, 2.24) is 0 Å². The van der Waals surface area contributed by atoms with E-state index in [9.17, 15) is 22.8 Å². The molecule has 148 valence electrons. The summed E-state index contributed by atoms with van der Waals surface area (Å²) in [5.74, 6) is 0.136. The first-order valence-corrected chi connectivity index (χ1v) is 8.39. The number of hydrogen-bond donors (Lipinski definition) is 2. The zero-order valence-corrected chi connectivity index (χ0v) is 14.9. The van der Waals surface area contributed by atoms with E-state index in [2.05, 4.69) is 10.6 Å². The molecule has 0 saturated carbocycles. The van der Waals surface area contributed by atoms with Crippen LogP contribution in [-0.4, -0.2) is 18.6 Å². The van der Waals surface area contributed by atoms with Crippen LogP contribution in [0.1, 0.15) is 24.5 Å². The number of amides is 2. The minimum absolute atomic E-state index is 0.00168. The Bertz CT molecular complexity index is 913. The maximum atomic E-state index is 13.3. The lowest BCUT2D eigenvalue weighted by Gasteiger charge is -2.15. The quantitative estimate of drug-likeness (QED) is 0.805. The highest BCUT2D eigenvalue weighted by atomic mass is 19.4. The lowest BCUT2D eigenvalue weighted by Crippen LogP contribution is -2.17. The fourth-order valence-electron chi connectivity index (χ4n) is 2.74. The van der Waals surface area contributed by atoms with E-state index >= 15 is 0 Å². The van der Waals surface area contributed by atoms with Crippen LogP contribution in [0.25, 0.3) is 0 Å². The number of halogens is 3. The SMILES string of the molecule is CC(=O)Nc1ccc(NC(=O)CCc2ccc3c(c2)OCO3)c(C(F)(F)F)c1. The van der Waals surface area contributed by atoms with Crippen molar-refractivity contribution in [1.29, 1.82) is 0 Å². The molecule has 2 amide bonds. The van der Waals surface area contributed by atoms with Crippen molar-refractivity contribution >= 4 is 23.2 Å². The maximum Gasteiger partial charge on any atom is 0.418 e. The molecule has 0 radical (unpaired) electrons. The van der Waals surface area contributed by atoms with Gasteiger partial charge in [0.25, 0.3) is 0 Å². The zero-order valence-electron chi connectivity index (χ0n) is 14.9. The van der Waals surface area contributed by atoms with Gasteiger partial charge in [0.2, 0.25) is 18.6 Å². The van der Waals surface area contributed by atoms with Gasteiger partial charge in [0, 0.05) is 19.0 Å². The summed E-state index contributed by atoms with van der Waals surface area (Å²) < 4.78 is 50.4. The third kappa shape index (κ3) is 4.73. The molecule has 0 atom stereocenters. The second-order valence-corrected chi connectivity index (χ2v) is 6.18. The van der Waals surface area contributed by atoms with Crippen molar-refractivity contribution in [3.8, 4) is 11.5 Å². The van der Waals surface area contributed by atoms with Crippen LogP contribution in [-0.2, 0) is 22.2 Å². The molecule has 6 nitrogen and oxygen atoms in total. The summed E-state index contributed by atoms with van der Waals surface area (Å²) in [6.45, 7) is 1.33. The van der Waals surface area contributed by atoms with Crippen molar-refractivity contribution in [2.45, 2.75) is 25.9 Å². The molecule has 1 aliphatic rings. The molecule has 0 bridgehead atoms. The number of nitrogens with one attached hydrogen (secondary N) is 2. The molecular formula is C19H17F3N2O4. The summed E-state index contributed by atoms with van der Waals surface area (Å²) in [7, 11) is 0. The van der Waals surface area contributed by atoms with E-state index in [1.807, 2.05) is 0 Å². The van der Waals surface area contributed by atoms with Crippen molar-refractivity contribution < 1.29 is 32.2 Å². The smallest absolute Gasteiger partial charge is 0.418 e. The molecule has 9 heteroatoms. The lowest BCUT2D eigenvalue weighted by molar-refractivity contribution is -0.137. The number of rotatable bonds is 5. The predicted octanol–water partition coefficient (Wildman–Crippen LogP) is 3.96. The second-order valence-electron chi connectivity index (χ2n) is 6.18. The van der Waals surface area contributed by atoms with E-state index in [1.54, 1.807) is 18.2 Å². The first-order chi connectivity index (χ1) is 13.2. The number of anilines is 2. The summed E-state index contributed by atoms with van der Waals surface area (Å²) in [5.41, 5.74) is -0.595. The van der Waals surface area contributed by atoms with Crippen LogP contribution in [0.5, 0.6) is 11.5 Å². The van der Waals surface area contributed by atoms with Gasteiger partial charge >= 0.3 is 6.18 Å². The molecule has 3 rings (SSSR count). The van der Waals surface area contributed by atoms with Crippen LogP contribution in [0.3, 0.4) is 0 Å². The monoisotopic (exact) mass is 394 g/mol.